The molecule has 1 N–H and O–H groups in total. The Bertz CT molecular complexity index is 1250. The number of nitrogens with one attached hydrogen (secondary N) is 1. The van der Waals surface area contributed by atoms with Gasteiger partial charge in [0.25, 0.3) is 5.91 Å². The van der Waals surface area contributed by atoms with Crippen LogP contribution in [0.2, 0.25) is 5.02 Å². The lowest BCUT2D eigenvalue weighted by Gasteiger charge is -2.27. The molecule has 0 bridgehead atoms. The first-order chi connectivity index (χ1) is 15.9. The van der Waals surface area contributed by atoms with Gasteiger partial charge in [0.15, 0.2) is 0 Å². The fourth-order valence-corrected chi connectivity index (χ4v) is 4.21. The first-order valence-electron chi connectivity index (χ1n) is 10.5. The number of benzene rings is 3. The van der Waals surface area contributed by atoms with E-state index in [1.165, 1.54) is 18.2 Å². The molecule has 2 unspecified atom stereocenters. The van der Waals surface area contributed by atoms with E-state index in [4.69, 9.17) is 16.9 Å². The number of halogens is 2. The molecular formula is C26H21ClFN3O2. The van der Waals surface area contributed by atoms with E-state index in [2.05, 4.69) is 5.32 Å². The van der Waals surface area contributed by atoms with Crippen LogP contribution in [0.3, 0.4) is 0 Å². The topological polar surface area (TPSA) is 73.2 Å². The lowest BCUT2D eigenvalue weighted by molar-refractivity contribution is -0.125. The zero-order valence-electron chi connectivity index (χ0n) is 17.9. The van der Waals surface area contributed by atoms with Crippen molar-refractivity contribution < 1.29 is 14.0 Å². The predicted molar refractivity (Wildman–Crippen MR) is 123 cm³/mol. The molecule has 4 rings (SSSR count). The Morgan fingerprint density at radius 3 is 2.64 bits per heavy atom. The summed E-state index contributed by atoms with van der Waals surface area (Å²) in [7, 11) is 0. The molecule has 0 fully saturated rings. The van der Waals surface area contributed by atoms with Crippen molar-refractivity contribution in [1.82, 2.24) is 10.2 Å². The van der Waals surface area contributed by atoms with Crippen molar-refractivity contribution in [3.8, 4) is 6.07 Å². The van der Waals surface area contributed by atoms with E-state index in [9.17, 15) is 14.0 Å². The van der Waals surface area contributed by atoms with E-state index in [0.29, 0.717) is 28.3 Å². The van der Waals surface area contributed by atoms with E-state index in [0.717, 1.165) is 5.56 Å². The van der Waals surface area contributed by atoms with Crippen LogP contribution in [-0.2, 0) is 11.3 Å². The first-order valence-corrected chi connectivity index (χ1v) is 10.9. The highest BCUT2D eigenvalue weighted by Crippen LogP contribution is 2.35. The van der Waals surface area contributed by atoms with Crippen LogP contribution in [0.1, 0.15) is 51.5 Å². The predicted octanol–water partition coefficient (Wildman–Crippen LogP) is 4.97. The highest BCUT2D eigenvalue weighted by Gasteiger charge is 2.41. The summed E-state index contributed by atoms with van der Waals surface area (Å²) in [5, 5.41) is 12.5. The molecule has 0 aliphatic carbocycles. The minimum atomic E-state index is -0.778. The summed E-state index contributed by atoms with van der Waals surface area (Å²) in [4.78, 5) is 28.0. The highest BCUT2D eigenvalue weighted by atomic mass is 35.5. The van der Waals surface area contributed by atoms with Crippen LogP contribution in [0.25, 0.3) is 0 Å². The molecule has 1 aliphatic heterocycles. The van der Waals surface area contributed by atoms with Gasteiger partial charge in [-0.3, -0.25) is 9.59 Å². The standard InChI is InChI=1S/C26H21ClFN3O2/c1-16(18-7-9-20(27)10-8-18)15-31-24(21-4-2-3-5-22(21)26(31)33)25(32)30-14-17-6-11-23(28)19(12-17)13-29/h2-12,16,24H,14-15H2,1H3,(H,30,32). The Morgan fingerprint density at radius 2 is 1.91 bits per heavy atom. The number of hydrogen-bond acceptors (Lipinski definition) is 3. The number of fused-ring (bicyclic) bond motifs is 1. The van der Waals surface area contributed by atoms with E-state index in [1.54, 1.807) is 47.4 Å². The monoisotopic (exact) mass is 461 g/mol. The summed E-state index contributed by atoms with van der Waals surface area (Å²) in [6, 6.07) is 19.7. The molecule has 0 aromatic heterocycles. The van der Waals surface area contributed by atoms with E-state index in [-0.39, 0.29) is 29.8 Å². The maximum atomic E-state index is 13.6. The van der Waals surface area contributed by atoms with Gasteiger partial charge in [-0.05, 0) is 52.9 Å². The molecule has 3 aromatic rings. The van der Waals surface area contributed by atoms with Gasteiger partial charge in [0.05, 0.1) is 5.56 Å². The second-order valence-corrected chi connectivity index (χ2v) is 8.48. The fraction of sp³-hybridized carbons (Fsp3) is 0.192. The molecule has 1 aliphatic rings. The smallest absolute Gasteiger partial charge is 0.255 e. The molecular weight excluding hydrogens is 441 g/mol. The normalized spacial score (nSPS) is 15.6. The lowest BCUT2D eigenvalue weighted by atomic mass is 9.99. The second kappa shape index (κ2) is 9.43. The maximum absolute atomic E-state index is 13.6. The van der Waals surface area contributed by atoms with Gasteiger partial charge in [-0.25, -0.2) is 4.39 Å². The quantitative estimate of drug-likeness (QED) is 0.563. The van der Waals surface area contributed by atoms with Crippen molar-refractivity contribution in [2.45, 2.75) is 25.4 Å². The van der Waals surface area contributed by atoms with Gasteiger partial charge < -0.3 is 10.2 Å². The number of amides is 2. The Balaban J connectivity index is 1.56. The summed E-state index contributed by atoms with van der Waals surface area (Å²) in [5.74, 6) is -1.16. The molecule has 2 amide bonds. The lowest BCUT2D eigenvalue weighted by Crippen LogP contribution is -2.40. The fourth-order valence-electron chi connectivity index (χ4n) is 4.09. The minimum absolute atomic E-state index is 0.0221. The van der Waals surface area contributed by atoms with Gasteiger partial charge in [0.1, 0.15) is 17.9 Å². The molecule has 0 radical (unpaired) electrons. The van der Waals surface area contributed by atoms with Gasteiger partial charge in [-0.15, -0.1) is 0 Å². The van der Waals surface area contributed by atoms with E-state index < -0.39 is 11.9 Å². The number of carbonyl (C=O) groups is 2. The third-order valence-electron chi connectivity index (χ3n) is 5.83. The molecule has 2 atom stereocenters. The minimum Gasteiger partial charge on any atom is -0.350 e. The maximum Gasteiger partial charge on any atom is 0.255 e. The number of nitriles is 1. The molecule has 5 nitrogen and oxygen atoms in total. The highest BCUT2D eigenvalue weighted by molar-refractivity contribution is 6.30. The molecule has 7 heteroatoms. The summed E-state index contributed by atoms with van der Waals surface area (Å²) >= 11 is 5.99. The van der Waals surface area contributed by atoms with Crippen molar-refractivity contribution in [3.63, 3.8) is 0 Å². The van der Waals surface area contributed by atoms with Gasteiger partial charge in [0.2, 0.25) is 5.91 Å². The third-order valence-corrected chi connectivity index (χ3v) is 6.09. The van der Waals surface area contributed by atoms with Crippen LogP contribution in [0.4, 0.5) is 4.39 Å². The number of hydrogen-bond donors (Lipinski definition) is 1. The molecule has 0 saturated heterocycles. The number of nitrogens with zero attached hydrogens (tertiary/aromatic N) is 2. The third kappa shape index (κ3) is 4.59. The zero-order chi connectivity index (χ0) is 23.5. The summed E-state index contributed by atoms with van der Waals surface area (Å²) in [5.41, 5.74) is 2.69. The second-order valence-electron chi connectivity index (χ2n) is 8.04. The van der Waals surface area contributed by atoms with Crippen LogP contribution in [0.5, 0.6) is 0 Å². The average molecular weight is 462 g/mol. The summed E-state index contributed by atoms with van der Waals surface area (Å²) < 4.78 is 13.6. The zero-order valence-corrected chi connectivity index (χ0v) is 18.6. The number of carbonyl (C=O) groups excluding carboxylic acids is 2. The van der Waals surface area contributed by atoms with Crippen LogP contribution >= 0.6 is 11.6 Å². The van der Waals surface area contributed by atoms with Gasteiger partial charge in [-0.1, -0.05) is 54.9 Å². The number of rotatable bonds is 6. The SMILES string of the molecule is CC(CN1C(=O)c2ccccc2C1C(=O)NCc1ccc(F)c(C#N)c1)c1ccc(Cl)cc1. The summed E-state index contributed by atoms with van der Waals surface area (Å²) in [6.45, 7) is 2.46. The van der Waals surface area contributed by atoms with Gasteiger partial charge >= 0.3 is 0 Å². The Hall–Kier alpha value is -3.69. The van der Waals surface area contributed by atoms with Crippen LogP contribution < -0.4 is 5.32 Å². The van der Waals surface area contributed by atoms with Crippen molar-refractivity contribution in [2.24, 2.45) is 0 Å². The first kappa shape index (κ1) is 22.5. The van der Waals surface area contributed by atoms with Crippen LogP contribution in [0, 0.1) is 17.1 Å². The van der Waals surface area contributed by atoms with Crippen molar-refractivity contribution in [3.05, 3.63) is 105 Å². The molecule has 0 saturated carbocycles. The Labute approximate surface area is 196 Å². The molecule has 1 heterocycles. The summed E-state index contributed by atoms with van der Waals surface area (Å²) in [6.07, 6.45) is 0. The molecule has 3 aromatic carbocycles. The van der Waals surface area contributed by atoms with Crippen LogP contribution in [0.15, 0.2) is 66.7 Å². The van der Waals surface area contributed by atoms with Crippen LogP contribution in [-0.4, -0.2) is 23.3 Å². The Kier molecular flexibility index (Phi) is 6.43. The van der Waals surface area contributed by atoms with Gasteiger partial charge in [-0.2, -0.15) is 5.26 Å². The van der Waals surface area contributed by atoms with Crippen molar-refractivity contribution in [2.75, 3.05) is 6.54 Å². The van der Waals surface area contributed by atoms with Gasteiger partial charge in [0, 0.05) is 23.7 Å². The molecule has 0 spiro atoms. The average Bonchev–Trinajstić information content (AvgIpc) is 3.10. The van der Waals surface area contributed by atoms with Crippen molar-refractivity contribution in [1.29, 1.82) is 5.26 Å². The van der Waals surface area contributed by atoms with E-state index in [1.807, 2.05) is 19.1 Å². The van der Waals surface area contributed by atoms with Crippen molar-refractivity contribution >= 4 is 23.4 Å². The van der Waals surface area contributed by atoms with E-state index >= 15 is 0 Å². The Morgan fingerprint density at radius 1 is 1.18 bits per heavy atom. The molecule has 166 valence electrons. The molecule has 33 heavy (non-hydrogen) atoms. The largest absolute Gasteiger partial charge is 0.350 e.